The van der Waals surface area contributed by atoms with Gasteiger partial charge in [-0.15, -0.1) is 0 Å². The lowest BCUT2D eigenvalue weighted by molar-refractivity contribution is -0.181. The van der Waals surface area contributed by atoms with E-state index in [9.17, 15) is 14.7 Å². The third kappa shape index (κ3) is 2.77. The van der Waals surface area contributed by atoms with E-state index in [0.717, 1.165) is 6.08 Å². The van der Waals surface area contributed by atoms with Gasteiger partial charge in [-0.2, -0.15) is 0 Å². The molecule has 1 aromatic carbocycles. The van der Waals surface area contributed by atoms with E-state index in [0.29, 0.717) is 10.6 Å². The molecule has 0 saturated carbocycles. The second-order valence-electron chi connectivity index (χ2n) is 4.02. The van der Waals surface area contributed by atoms with Gasteiger partial charge in [0.15, 0.2) is 0 Å². The summed E-state index contributed by atoms with van der Waals surface area (Å²) in [6.45, 7) is 0. The van der Waals surface area contributed by atoms with Crippen LogP contribution in [0.2, 0.25) is 5.02 Å². The zero-order chi connectivity index (χ0) is 14.0. The van der Waals surface area contributed by atoms with Crippen molar-refractivity contribution in [2.24, 2.45) is 0 Å². The standard InChI is InChI=1S/C13H11ClO5/c1-18-12(16)7-13(17)11(15)6-10(19-13)8-2-4-9(14)5-3-8/h2-6,17H,7H2,1H3/t13-/m1/s1. The summed E-state index contributed by atoms with van der Waals surface area (Å²) in [5, 5.41) is 10.5. The van der Waals surface area contributed by atoms with Crippen LogP contribution in [0.1, 0.15) is 12.0 Å². The number of hydrogen-bond donors (Lipinski definition) is 1. The summed E-state index contributed by atoms with van der Waals surface area (Å²) in [5.74, 6) is -3.43. The highest BCUT2D eigenvalue weighted by Gasteiger charge is 2.45. The van der Waals surface area contributed by atoms with Crippen LogP contribution in [-0.2, 0) is 19.1 Å². The second kappa shape index (κ2) is 5.03. The molecule has 0 radical (unpaired) electrons. The van der Waals surface area contributed by atoms with Crippen molar-refractivity contribution in [1.82, 2.24) is 0 Å². The molecule has 100 valence electrons. The molecule has 1 aliphatic rings. The van der Waals surface area contributed by atoms with Gasteiger partial charge in [-0.25, -0.2) is 0 Å². The lowest BCUT2D eigenvalue weighted by atomic mass is 10.1. The second-order valence-corrected chi connectivity index (χ2v) is 4.46. The minimum absolute atomic E-state index is 0.188. The van der Waals surface area contributed by atoms with Gasteiger partial charge >= 0.3 is 5.97 Å². The van der Waals surface area contributed by atoms with Gasteiger partial charge in [0.2, 0.25) is 5.78 Å². The minimum atomic E-state index is -2.19. The molecule has 0 unspecified atom stereocenters. The van der Waals surface area contributed by atoms with Gasteiger partial charge in [0.1, 0.15) is 12.2 Å². The van der Waals surface area contributed by atoms with Gasteiger partial charge in [-0.1, -0.05) is 11.6 Å². The molecule has 1 N–H and O–H groups in total. The number of carbonyl (C=O) groups excluding carboxylic acids is 2. The first kappa shape index (κ1) is 13.6. The van der Waals surface area contributed by atoms with E-state index in [1.54, 1.807) is 24.3 Å². The van der Waals surface area contributed by atoms with Crippen molar-refractivity contribution in [1.29, 1.82) is 0 Å². The summed E-state index contributed by atoms with van der Waals surface area (Å²) in [6, 6.07) is 6.54. The van der Waals surface area contributed by atoms with Gasteiger partial charge in [-0.05, 0) is 24.3 Å². The predicted octanol–water partition coefficient (Wildman–Crippen LogP) is 1.53. The molecule has 1 heterocycles. The number of hydrogen-bond acceptors (Lipinski definition) is 5. The number of rotatable bonds is 3. The molecule has 0 bridgehead atoms. The lowest BCUT2D eigenvalue weighted by Gasteiger charge is -2.20. The van der Waals surface area contributed by atoms with Crippen molar-refractivity contribution < 1.29 is 24.2 Å². The van der Waals surface area contributed by atoms with E-state index in [2.05, 4.69) is 4.74 Å². The number of methoxy groups -OCH3 is 1. The maximum atomic E-state index is 11.7. The minimum Gasteiger partial charge on any atom is -0.469 e. The van der Waals surface area contributed by atoms with Crippen molar-refractivity contribution in [2.75, 3.05) is 7.11 Å². The van der Waals surface area contributed by atoms with E-state index in [-0.39, 0.29) is 5.76 Å². The van der Waals surface area contributed by atoms with E-state index in [1.807, 2.05) is 0 Å². The first-order chi connectivity index (χ1) is 8.94. The summed E-state index contributed by atoms with van der Waals surface area (Å²) in [6.07, 6.45) is 0.585. The van der Waals surface area contributed by atoms with Crippen molar-refractivity contribution in [3.63, 3.8) is 0 Å². The molecule has 0 aliphatic carbocycles. The third-order valence-corrected chi connectivity index (χ3v) is 2.92. The molecule has 0 saturated heterocycles. The van der Waals surface area contributed by atoms with Crippen molar-refractivity contribution in [3.05, 3.63) is 40.9 Å². The summed E-state index contributed by atoms with van der Waals surface area (Å²) < 4.78 is 9.59. The first-order valence-electron chi connectivity index (χ1n) is 5.45. The molecule has 1 aliphatic heterocycles. The molecule has 0 spiro atoms. The number of halogens is 1. The van der Waals surface area contributed by atoms with Gasteiger partial charge < -0.3 is 14.6 Å². The molecule has 5 nitrogen and oxygen atoms in total. The van der Waals surface area contributed by atoms with Gasteiger partial charge in [-0.3, -0.25) is 9.59 Å². The SMILES string of the molecule is COC(=O)C[C@@]1(O)OC(c2ccc(Cl)cc2)=CC1=O. The average Bonchev–Trinajstić information content (AvgIpc) is 2.66. The molecule has 0 aromatic heterocycles. The van der Waals surface area contributed by atoms with Crippen LogP contribution < -0.4 is 0 Å². The summed E-state index contributed by atoms with van der Waals surface area (Å²) >= 11 is 5.75. The van der Waals surface area contributed by atoms with Crippen molar-refractivity contribution in [3.8, 4) is 0 Å². The van der Waals surface area contributed by atoms with Crippen molar-refractivity contribution in [2.45, 2.75) is 12.2 Å². The molecular formula is C13H11ClO5. The summed E-state index contributed by atoms with van der Waals surface area (Å²) in [4.78, 5) is 22.9. The largest absolute Gasteiger partial charge is 0.469 e. The quantitative estimate of drug-likeness (QED) is 0.851. The van der Waals surface area contributed by atoms with Gasteiger partial charge in [0.05, 0.1) is 7.11 Å². The number of ketones is 1. The van der Waals surface area contributed by atoms with Gasteiger partial charge in [0.25, 0.3) is 5.79 Å². The van der Waals surface area contributed by atoms with E-state index in [1.165, 1.54) is 7.11 Å². The fraction of sp³-hybridized carbons (Fsp3) is 0.231. The zero-order valence-corrected chi connectivity index (χ0v) is 10.8. The maximum absolute atomic E-state index is 11.7. The Kier molecular flexibility index (Phi) is 3.59. The number of benzene rings is 1. The molecule has 1 atom stereocenters. The molecule has 19 heavy (non-hydrogen) atoms. The Morgan fingerprint density at radius 2 is 2.05 bits per heavy atom. The monoisotopic (exact) mass is 282 g/mol. The maximum Gasteiger partial charge on any atom is 0.312 e. The van der Waals surface area contributed by atoms with Crippen LogP contribution >= 0.6 is 11.6 Å². The summed E-state index contributed by atoms with van der Waals surface area (Å²) in [5.41, 5.74) is 0.582. The molecule has 1 aromatic rings. The topological polar surface area (TPSA) is 72.8 Å². The Balaban J connectivity index is 2.19. The molecule has 2 rings (SSSR count). The van der Waals surface area contributed by atoms with Crippen LogP contribution in [0.4, 0.5) is 0 Å². The highest BCUT2D eigenvalue weighted by Crippen LogP contribution is 2.32. The van der Waals surface area contributed by atoms with E-state index in [4.69, 9.17) is 16.3 Å². The Morgan fingerprint density at radius 1 is 1.42 bits per heavy atom. The predicted molar refractivity (Wildman–Crippen MR) is 67.1 cm³/mol. The van der Waals surface area contributed by atoms with Crippen LogP contribution in [0, 0.1) is 0 Å². The fourth-order valence-electron chi connectivity index (χ4n) is 1.64. The van der Waals surface area contributed by atoms with Crippen molar-refractivity contribution >= 4 is 29.1 Å². The molecule has 0 fully saturated rings. The highest BCUT2D eigenvalue weighted by atomic mass is 35.5. The molecule has 0 amide bonds. The van der Waals surface area contributed by atoms with Crippen LogP contribution in [0.3, 0.4) is 0 Å². The van der Waals surface area contributed by atoms with Gasteiger partial charge in [0, 0.05) is 16.7 Å². The Morgan fingerprint density at radius 3 is 2.63 bits per heavy atom. The third-order valence-electron chi connectivity index (χ3n) is 2.67. The highest BCUT2D eigenvalue weighted by molar-refractivity contribution is 6.30. The molecule has 6 heteroatoms. The first-order valence-corrected chi connectivity index (χ1v) is 5.83. The van der Waals surface area contributed by atoms with E-state index < -0.39 is 24.0 Å². The Bertz CT molecular complexity index is 549. The zero-order valence-electron chi connectivity index (χ0n) is 10.1. The normalized spacial score (nSPS) is 21.8. The summed E-state index contributed by atoms with van der Waals surface area (Å²) in [7, 11) is 1.17. The number of ether oxygens (including phenoxy) is 2. The van der Waals surface area contributed by atoms with Crippen LogP contribution in [0.15, 0.2) is 30.3 Å². The van der Waals surface area contributed by atoms with E-state index >= 15 is 0 Å². The van der Waals surface area contributed by atoms with Crippen LogP contribution in [-0.4, -0.2) is 29.8 Å². The number of carbonyl (C=O) groups is 2. The smallest absolute Gasteiger partial charge is 0.312 e. The number of aliphatic hydroxyl groups is 1. The fourth-order valence-corrected chi connectivity index (χ4v) is 1.77. The molecular weight excluding hydrogens is 272 g/mol. The average molecular weight is 283 g/mol. The lowest BCUT2D eigenvalue weighted by Crippen LogP contribution is -2.38. The number of esters is 1. The Hall–Kier alpha value is -1.85. The van der Waals surface area contributed by atoms with Crippen LogP contribution in [0.5, 0.6) is 0 Å². The van der Waals surface area contributed by atoms with Crippen LogP contribution in [0.25, 0.3) is 5.76 Å². The Labute approximate surface area is 114 Å².